The molecular weight excluding hydrogens is 452 g/mol. The summed E-state index contributed by atoms with van der Waals surface area (Å²) < 4.78 is 0. The van der Waals surface area contributed by atoms with E-state index < -0.39 is 0 Å². The standard InChI is InChI=1S/C33H42N4/c1-32(2,3)30-28-18-13-19-29(37-28)31(33(4,5)6)35-23-21-27(25-16-11-8-12-17-25)36-26(20-22-34-30)24-14-9-7-10-15-24/h7-19,26-27,36H,20-23H2,1-6H3/t26-,27-/m0/s1. The van der Waals surface area contributed by atoms with Gasteiger partial charge >= 0.3 is 0 Å². The summed E-state index contributed by atoms with van der Waals surface area (Å²) in [5, 5.41) is 4.00. The van der Waals surface area contributed by atoms with Crippen molar-refractivity contribution in [1.82, 2.24) is 10.3 Å². The number of hydrogen-bond donors (Lipinski definition) is 1. The second-order valence-electron chi connectivity index (χ2n) is 12.0. The number of nitrogens with one attached hydrogen (secondary N) is 1. The van der Waals surface area contributed by atoms with Gasteiger partial charge in [-0.25, -0.2) is 4.98 Å². The summed E-state index contributed by atoms with van der Waals surface area (Å²) in [6.45, 7) is 14.8. The molecule has 0 amide bonds. The highest BCUT2D eigenvalue weighted by molar-refractivity contribution is 6.06. The van der Waals surface area contributed by atoms with Gasteiger partial charge in [0.15, 0.2) is 0 Å². The van der Waals surface area contributed by atoms with Crippen LogP contribution in [0.5, 0.6) is 0 Å². The van der Waals surface area contributed by atoms with Crippen molar-refractivity contribution >= 4 is 11.4 Å². The Morgan fingerprint density at radius 1 is 0.568 bits per heavy atom. The van der Waals surface area contributed by atoms with E-state index in [1.807, 2.05) is 0 Å². The lowest BCUT2D eigenvalue weighted by Crippen LogP contribution is -2.30. The molecule has 3 aromatic rings. The molecular formula is C33H42N4. The normalized spacial score (nSPS) is 19.9. The van der Waals surface area contributed by atoms with Gasteiger partial charge in [-0.15, -0.1) is 0 Å². The molecule has 2 aromatic carbocycles. The van der Waals surface area contributed by atoms with Crippen molar-refractivity contribution in [3.8, 4) is 0 Å². The number of nitrogens with zero attached hydrogens (tertiary/aromatic N) is 3. The number of fused-ring (bicyclic) bond motifs is 2. The van der Waals surface area contributed by atoms with E-state index in [0.717, 1.165) is 48.7 Å². The zero-order chi connectivity index (χ0) is 26.5. The SMILES string of the molecule is CC(C)(C)C1=NCC[C@@H](c2ccccc2)N[C@H](c2ccccc2)CCN=C(C(C)(C)C)c2cccc1n2. The van der Waals surface area contributed by atoms with Gasteiger partial charge in [-0.3, -0.25) is 9.98 Å². The topological polar surface area (TPSA) is 49.6 Å². The highest BCUT2D eigenvalue weighted by atomic mass is 15.0. The minimum Gasteiger partial charge on any atom is -0.303 e. The summed E-state index contributed by atoms with van der Waals surface area (Å²) in [6.07, 6.45) is 1.81. The predicted octanol–water partition coefficient (Wildman–Crippen LogP) is 7.62. The lowest BCUT2D eigenvalue weighted by molar-refractivity contribution is 0.412. The zero-order valence-electron chi connectivity index (χ0n) is 23.3. The average molecular weight is 495 g/mol. The number of benzene rings is 2. The Morgan fingerprint density at radius 3 is 1.35 bits per heavy atom. The number of hydrogen-bond acceptors (Lipinski definition) is 4. The largest absolute Gasteiger partial charge is 0.303 e. The van der Waals surface area contributed by atoms with Crippen LogP contribution >= 0.6 is 0 Å². The predicted molar refractivity (Wildman–Crippen MR) is 157 cm³/mol. The number of aliphatic imine (C=N–C) groups is 2. The smallest absolute Gasteiger partial charge is 0.0853 e. The van der Waals surface area contributed by atoms with Crippen LogP contribution in [-0.4, -0.2) is 29.5 Å². The van der Waals surface area contributed by atoms with Crippen LogP contribution in [0.4, 0.5) is 0 Å². The van der Waals surface area contributed by atoms with Crippen LogP contribution in [0.25, 0.3) is 0 Å². The quantitative estimate of drug-likeness (QED) is 0.398. The van der Waals surface area contributed by atoms with Gasteiger partial charge in [0.2, 0.25) is 0 Å². The Bertz CT molecular complexity index is 1120. The maximum Gasteiger partial charge on any atom is 0.0853 e. The van der Waals surface area contributed by atoms with Crippen molar-refractivity contribution in [3.63, 3.8) is 0 Å². The first-order chi connectivity index (χ1) is 17.6. The minimum atomic E-state index is -0.121. The highest BCUT2D eigenvalue weighted by Gasteiger charge is 2.27. The summed E-state index contributed by atoms with van der Waals surface area (Å²) in [5.74, 6) is 0. The lowest BCUT2D eigenvalue weighted by Gasteiger charge is -2.28. The molecule has 1 aliphatic heterocycles. The summed E-state index contributed by atoms with van der Waals surface area (Å²) >= 11 is 0. The molecule has 4 nitrogen and oxygen atoms in total. The highest BCUT2D eigenvalue weighted by Crippen LogP contribution is 2.28. The fourth-order valence-electron chi connectivity index (χ4n) is 5.02. The van der Waals surface area contributed by atoms with E-state index in [1.54, 1.807) is 0 Å². The van der Waals surface area contributed by atoms with E-state index in [0.29, 0.717) is 0 Å². The summed E-state index contributed by atoms with van der Waals surface area (Å²) in [5.41, 5.74) is 6.34. The van der Waals surface area contributed by atoms with E-state index in [9.17, 15) is 0 Å². The van der Waals surface area contributed by atoms with E-state index in [4.69, 9.17) is 15.0 Å². The van der Waals surface area contributed by atoms with Crippen molar-refractivity contribution in [2.45, 2.75) is 66.5 Å². The van der Waals surface area contributed by atoms with Crippen molar-refractivity contribution in [2.75, 3.05) is 13.1 Å². The van der Waals surface area contributed by atoms with Crippen LogP contribution in [0.3, 0.4) is 0 Å². The van der Waals surface area contributed by atoms with Crippen LogP contribution in [0.15, 0.2) is 88.8 Å². The molecule has 1 aromatic heterocycles. The van der Waals surface area contributed by atoms with Crippen LogP contribution in [0.2, 0.25) is 0 Å². The molecule has 1 aliphatic rings. The van der Waals surface area contributed by atoms with Gasteiger partial charge in [0.25, 0.3) is 0 Å². The Hall–Kier alpha value is -3.11. The molecule has 37 heavy (non-hydrogen) atoms. The number of rotatable bonds is 2. The molecule has 2 bridgehead atoms. The first-order valence-corrected chi connectivity index (χ1v) is 13.6. The maximum absolute atomic E-state index is 5.19. The maximum atomic E-state index is 5.19. The summed E-state index contributed by atoms with van der Waals surface area (Å²) in [6, 6.07) is 28.2. The Kier molecular flexibility index (Phi) is 8.39. The number of aromatic nitrogens is 1. The average Bonchev–Trinajstić information content (AvgIpc) is 2.86. The molecule has 2 heterocycles. The first kappa shape index (κ1) is 26.9. The van der Waals surface area contributed by atoms with E-state index in [1.165, 1.54) is 11.1 Å². The van der Waals surface area contributed by atoms with Gasteiger partial charge in [0.1, 0.15) is 0 Å². The van der Waals surface area contributed by atoms with Gasteiger partial charge in [0.05, 0.1) is 22.8 Å². The van der Waals surface area contributed by atoms with E-state index >= 15 is 0 Å². The number of pyridine rings is 1. The molecule has 1 N–H and O–H groups in total. The van der Waals surface area contributed by atoms with Gasteiger partial charge in [-0.1, -0.05) is 108 Å². The molecule has 0 radical (unpaired) electrons. The molecule has 0 aliphatic carbocycles. The zero-order valence-corrected chi connectivity index (χ0v) is 23.3. The van der Waals surface area contributed by atoms with Gasteiger partial charge in [-0.2, -0.15) is 0 Å². The monoisotopic (exact) mass is 494 g/mol. The molecule has 0 fully saturated rings. The molecule has 4 heteroatoms. The Labute approximate surface area is 223 Å². The first-order valence-electron chi connectivity index (χ1n) is 13.6. The van der Waals surface area contributed by atoms with Gasteiger partial charge in [0, 0.05) is 36.0 Å². The van der Waals surface area contributed by atoms with Gasteiger partial charge in [-0.05, 0) is 36.1 Å². The Balaban J connectivity index is 1.82. The van der Waals surface area contributed by atoms with E-state index in [2.05, 4.69) is 126 Å². The van der Waals surface area contributed by atoms with Crippen LogP contribution < -0.4 is 5.32 Å². The summed E-state index contributed by atoms with van der Waals surface area (Å²) in [7, 11) is 0. The van der Waals surface area contributed by atoms with Crippen molar-refractivity contribution < 1.29 is 0 Å². The van der Waals surface area contributed by atoms with Gasteiger partial charge < -0.3 is 5.32 Å². The second kappa shape index (κ2) is 11.5. The molecule has 0 spiro atoms. The fourth-order valence-corrected chi connectivity index (χ4v) is 5.02. The molecule has 2 atom stereocenters. The van der Waals surface area contributed by atoms with Crippen LogP contribution in [-0.2, 0) is 0 Å². The minimum absolute atomic E-state index is 0.121. The molecule has 0 unspecified atom stereocenters. The third kappa shape index (κ3) is 7.01. The molecule has 0 saturated heterocycles. The van der Waals surface area contributed by atoms with E-state index in [-0.39, 0.29) is 22.9 Å². The van der Waals surface area contributed by atoms with Crippen LogP contribution in [0, 0.1) is 10.8 Å². The van der Waals surface area contributed by atoms with Crippen molar-refractivity contribution in [1.29, 1.82) is 0 Å². The van der Waals surface area contributed by atoms with Crippen molar-refractivity contribution in [3.05, 3.63) is 101 Å². The molecule has 4 rings (SSSR count). The van der Waals surface area contributed by atoms with Crippen molar-refractivity contribution in [2.24, 2.45) is 20.8 Å². The third-order valence-electron chi connectivity index (χ3n) is 6.84. The lowest BCUT2D eigenvalue weighted by atomic mass is 9.85. The Morgan fingerprint density at radius 2 is 0.973 bits per heavy atom. The molecule has 0 saturated carbocycles. The summed E-state index contributed by atoms with van der Waals surface area (Å²) in [4.78, 5) is 15.5. The van der Waals surface area contributed by atoms with Crippen LogP contribution in [0.1, 0.15) is 89.0 Å². The molecule has 194 valence electrons. The fraction of sp³-hybridized carbons (Fsp3) is 0.424. The second-order valence-corrected chi connectivity index (χ2v) is 12.0. The third-order valence-corrected chi connectivity index (χ3v) is 6.84.